The predicted octanol–water partition coefficient (Wildman–Crippen LogP) is 3.86. The first kappa shape index (κ1) is 22.1. The summed E-state index contributed by atoms with van der Waals surface area (Å²) in [4.78, 5) is 21.7. The minimum Gasteiger partial charge on any atom is -0.372 e. The Morgan fingerprint density at radius 3 is 2.40 bits per heavy atom. The lowest BCUT2D eigenvalue weighted by Gasteiger charge is -2.36. The van der Waals surface area contributed by atoms with E-state index in [1.54, 1.807) is 0 Å². The summed E-state index contributed by atoms with van der Waals surface area (Å²) in [6.45, 7) is 12.6. The molecule has 3 rings (SSSR count). The van der Waals surface area contributed by atoms with E-state index < -0.39 is 0 Å². The van der Waals surface area contributed by atoms with Gasteiger partial charge >= 0.3 is 0 Å². The van der Waals surface area contributed by atoms with Gasteiger partial charge in [0, 0.05) is 50.2 Å². The van der Waals surface area contributed by atoms with Crippen LogP contribution < -0.4 is 15.1 Å². The molecule has 1 N–H and O–H groups in total. The van der Waals surface area contributed by atoms with Gasteiger partial charge in [0.05, 0.1) is 12.2 Å². The monoisotopic (exact) mass is 410 g/mol. The summed E-state index contributed by atoms with van der Waals surface area (Å²) in [5.74, 6) is 0.884. The number of hydrogen-bond acceptors (Lipinski definition) is 5. The van der Waals surface area contributed by atoms with Gasteiger partial charge in [-0.2, -0.15) is 0 Å². The predicted molar refractivity (Wildman–Crippen MR) is 122 cm³/mol. The summed E-state index contributed by atoms with van der Waals surface area (Å²) in [7, 11) is 0. The molecule has 0 radical (unpaired) electrons. The molecule has 0 saturated carbocycles. The molecular formula is C24H34N4O2. The van der Waals surface area contributed by atoms with Gasteiger partial charge in [-0.3, -0.25) is 4.79 Å². The third-order valence-corrected chi connectivity index (χ3v) is 5.38. The maximum Gasteiger partial charge on any atom is 0.251 e. The van der Waals surface area contributed by atoms with Crippen molar-refractivity contribution in [1.29, 1.82) is 0 Å². The fraction of sp³-hybridized carbons (Fsp3) is 0.500. The van der Waals surface area contributed by atoms with E-state index in [1.807, 2.05) is 42.6 Å². The van der Waals surface area contributed by atoms with Gasteiger partial charge in [0.15, 0.2) is 0 Å². The number of nitrogens with zero attached hydrogens (tertiary/aromatic N) is 3. The lowest BCUT2D eigenvalue weighted by molar-refractivity contribution is -0.00546. The van der Waals surface area contributed by atoms with Crippen LogP contribution in [0.3, 0.4) is 0 Å². The Morgan fingerprint density at radius 1 is 1.13 bits per heavy atom. The first-order chi connectivity index (χ1) is 14.5. The minimum absolute atomic E-state index is 0.0694. The lowest BCUT2D eigenvalue weighted by Crippen LogP contribution is -2.45. The first-order valence-electron chi connectivity index (χ1n) is 11.0. The van der Waals surface area contributed by atoms with Crippen molar-refractivity contribution in [3.8, 4) is 0 Å². The highest BCUT2D eigenvalue weighted by Gasteiger charge is 2.23. The number of pyridine rings is 1. The van der Waals surface area contributed by atoms with Crippen LogP contribution in [-0.4, -0.2) is 49.3 Å². The molecule has 1 aromatic carbocycles. The molecular weight excluding hydrogens is 376 g/mol. The first-order valence-corrected chi connectivity index (χ1v) is 11.0. The molecule has 30 heavy (non-hydrogen) atoms. The zero-order valence-electron chi connectivity index (χ0n) is 18.6. The van der Waals surface area contributed by atoms with Crippen molar-refractivity contribution in [3.05, 3.63) is 53.7 Å². The zero-order valence-corrected chi connectivity index (χ0v) is 18.6. The Balaban J connectivity index is 1.54. The minimum atomic E-state index is -0.0694. The van der Waals surface area contributed by atoms with Crippen molar-refractivity contribution in [3.63, 3.8) is 0 Å². The molecule has 2 heterocycles. The van der Waals surface area contributed by atoms with Crippen molar-refractivity contribution < 1.29 is 9.53 Å². The largest absolute Gasteiger partial charge is 0.372 e. The van der Waals surface area contributed by atoms with Crippen LogP contribution in [-0.2, 0) is 11.3 Å². The highest BCUT2D eigenvalue weighted by atomic mass is 16.5. The molecule has 1 aromatic heterocycles. The summed E-state index contributed by atoms with van der Waals surface area (Å²) in [5.41, 5.74) is 2.81. The topological polar surface area (TPSA) is 57.7 Å². The summed E-state index contributed by atoms with van der Waals surface area (Å²) in [5, 5.41) is 2.99. The van der Waals surface area contributed by atoms with E-state index in [-0.39, 0.29) is 18.1 Å². The summed E-state index contributed by atoms with van der Waals surface area (Å²) in [6, 6.07) is 11.9. The van der Waals surface area contributed by atoms with Crippen LogP contribution in [0.25, 0.3) is 0 Å². The third kappa shape index (κ3) is 5.72. The Bertz CT molecular complexity index is 797. The molecule has 0 spiro atoms. The van der Waals surface area contributed by atoms with E-state index in [0.29, 0.717) is 12.1 Å². The number of carbonyl (C=O) groups excluding carboxylic acids is 1. The molecule has 1 fully saturated rings. The molecule has 1 aliphatic rings. The molecule has 2 atom stereocenters. The number of ether oxygens (including phenoxy) is 1. The van der Waals surface area contributed by atoms with E-state index >= 15 is 0 Å². The molecule has 162 valence electrons. The smallest absolute Gasteiger partial charge is 0.251 e. The number of aromatic nitrogens is 1. The third-order valence-electron chi connectivity index (χ3n) is 5.38. The SMILES string of the molecule is CCCN(CC)c1ccc(C(=O)NCc2ccc(N3CC(C)OC(C)C3)nc2)cc1. The van der Waals surface area contributed by atoms with E-state index in [4.69, 9.17) is 4.74 Å². The number of amides is 1. The Kier molecular flexibility index (Phi) is 7.69. The van der Waals surface area contributed by atoms with Crippen molar-refractivity contribution in [2.45, 2.75) is 52.9 Å². The highest BCUT2D eigenvalue weighted by molar-refractivity contribution is 5.94. The molecule has 1 aliphatic heterocycles. The van der Waals surface area contributed by atoms with Gasteiger partial charge in [0.2, 0.25) is 0 Å². The molecule has 1 saturated heterocycles. The van der Waals surface area contributed by atoms with Crippen LogP contribution in [0, 0.1) is 0 Å². The maximum atomic E-state index is 12.5. The number of rotatable bonds is 8. The van der Waals surface area contributed by atoms with Gasteiger partial charge in [-0.15, -0.1) is 0 Å². The van der Waals surface area contributed by atoms with Crippen LogP contribution in [0.5, 0.6) is 0 Å². The number of benzene rings is 1. The van der Waals surface area contributed by atoms with Gasteiger partial charge in [-0.25, -0.2) is 4.98 Å². The van der Waals surface area contributed by atoms with Crippen LogP contribution in [0.2, 0.25) is 0 Å². The number of anilines is 2. The zero-order chi connectivity index (χ0) is 21.5. The van der Waals surface area contributed by atoms with Gasteiger partial charge < -0.3 is 19.9 Å². The van der Waals surface area contributed by atoms with Gasteiger partial charge in [0.25, 0.3) is 5.91 Å². The van der Waals surface area contributed by atoms with Gasteiger partial charge in [0.1, 0.15) is 5.82 Å². The Labute approximate surface area is 180 Å². The van der Waals surface area contributed by atoms with Crippen molar-refractivity contribution in [1.82, 2.24) is 10.3 Å². The number of morpholine rings is 1. The normalized spacial score (nSPS) is 18.9. The molecule has 6 nitrogen and oxygen atoms in total. The quantitative estimate of drug-likeness (QED) is 0.716. The Morgan fingerprint density at radius 2 is 1.83 bits per heavy atom. The van der Waals surface area contributed by atoms with E-state index in [0.717, 1.165) is 49.7 Å². The van der Waals surface area contributed by atoms with E-state index in [9.17, 15) is 4.79 Å². The van der Waals surface area contributed by atoms with Crippen LogP contribution >= 0.6 is 0 Å². The van der Waals surface area contributed by atoms with Crippen molar-refractivity contribution in [2.24, 2.45) is 0 Å². The second kappa shape index (κ2) is 10.4. The molecule has 6 heteroatoms. The standard InChI is InChI=1S/C24H34N4O2/c1-5-13-27(6-2)22-10-8-21(9-11-22)24(29)26-15-20-7-12-23(25-14-20)28-16-18(3)30-19(4)17-28/h7-12,14,18-19H,5-6,13,15-17H2,1-4H3,(H,26,29). The fourth-order valence-corrected chi connectivity index (χ4v) is 3.92. The van der Waals surface area contributed by atoms with E-state index in [2.05, 4.69) is 47.8 Å². The average molecular weight is 411 g/mol. The van der Waals surface area contributed by atoms with Crippen LogP contribution in [0.1, 0.15) is 50.0 Å². The second-order valence-corrected chi connectivity index (χ2v) is 8.00. The van der Waals surface area contributed by atoms with E-state index in [1.165, 1.54) is 0 Å². The maximum absolute atomic E-state index is 12.5. The average Bonchev–Trinajstić information content (AvgIpc) is 2.75. The molecule has 1 amide bonds. The molecule has 0 aliphatic carbocycles. The molecule has 2 unspecified atom stereocenters. The second-order valence-electron chi connectivity index (χ2n) is 8.00. The summed E-state index contributed by atoms with van der Waals surface area (Å²) >= 11 is 0. The molecule has 0 bridgehead atoms. The number of hydrogen-bond donors (Lipinski definition) is 1. The molecule has 2 aromatic rings. The Hall–Kier alpha value is -2.60. The van der Waals surface area contributed by atoms with Crippen molar-refractivity contribution >= 4 is 17.4 Å². The van der Waals surface area contributed by atoms with Gasteiger partial charge in [-0.05, 0) is 63.1 Å². The summed E-state index contributed by atoms with van der Waals surface area (Å²) < 4.78 is 5.79. The lowest BCUT2D eigenvalue weighted by atomic mass is 10.1. The van der Waals surface area contributed by atoms with Gasteiger partial charge in [-0.1, -0.05) is 13.0 Å². The van der Waals surface area contributed by atoms with Crippen molar-refractivity contribution in [2.75, 3.05) is 36.0 Å². The summed E-state index contributed by atoms with van der Waals surface area (Å²) in [6.07, 6.45) is 3.35. The van der Waals surface area contributed by atoms with Crippen LogP contribution in [0.15, 0.2) is 42.6 Å². The van der Waals surface area contributed by atoms with Crippen LogP contribution in [0.4, 0.5) is 11.5 Å². The number of carbonyl (C=O) groups is 1. The number of nitrogens with one attached hydrogen (secondary N) is 1. The fourth-order valence-electron chi connectivity index (χ4n) is 3.92. The highest BCUT2D eigenvalue weighted by Crippen LogP contribution is 2.19.